The lowest BCUT2D eigenvalue weighted by molar-refractivity contribution is -0.137. The normalized spacial score (nSPS) is 18.1. The minimum atomic E-state index is -4.36. The molecule has 0 amide bonds. The highest BCUT2D eigenvalue weighted by molar-refractivity contribution is 5.59. The second kappa shape index (κ2) is 7.79. The molecule has 150 valence electrons. The molecule has 1 aromatic heterocycles. The summed E-state index contributed by atoms with van der Waals surface area (Å²) in [6.07, 6.45) is -2.89. The minimum Gasteiger partial charge on any atom is -0.336 e. The maximum atomic E-state index is 12.8. The van der Waals surface area contributed by atoms with Crippen molar-refractivity contribution in [2.75, 3.05) is 31.6 Å². The molecule has 1 fully saturated rings. The molecule has 0 saturated carbocycles. The van der Waals surface area contributed by atoms with Crippen molar-refractivity contribution in [3.8, 4) is 11.3 Å². The van der Waals surface area contributed by atoms with Crippen LogP contribution in [-0.4, -0.2) is 46.8 Å². The summed E-state index contributed by atoms with van der Waals surface area (Å²) in [5.74, 6) is 0.483. The van der Waals surface area contributed by atoms with E-state index < -0.39 is 11.7 Å². The Bertz CT molecular complexity index is 960. The molecular weight excluding hydrogens is 379 g/mol. The largest absolute Gasteiger partial charge is 0.416 e. The van der Waals surface area contributed by atoms with Gasteiger partial charge in [0.25, 0.3) is 0 Å². The zero-order valence-electron chi connectivity index (χ0n) is 15.8. The third-order valence-electron chi connectivity index (χ3n) is 5.17. The molecule has 8 heteroatoms. The smallest absolute Gasteiger partial charge is 0.336 e. The number of aromatic nitrogens is 3. The SMILES string of the molecule is CN1CCN(c2nncc(-c3ccc(C(F)(F)F)cc3)n2)CC1c1ccccc1. The first-order valence-electron chi connectivity index (χ1n) is 9.29. The van der Waals surface area contributed by atoms with E-state index in [9.17, 15) is 13.2 Å². The molecule has 29 heavy (non-hydrogen) atoms. The predicted octanol–water partition coefficient (Wildman–Crippen LogP) is 4.05. The van der Waals surface area contributed by atoms with Crippen LogP contribution in [0.15, 0.2) is 60.8 Å². The molecule has 4 rings (SSSR count). The van der Waals surface area contributed by atoms with Crippen molar-refractivity contribution in [3.05, 3.63) is 71.9 Å². The molecule has 2 heterocycles. The van der Waals surface area contributed by atoms with Gasteiger partial charge in [-0.05, 0) is 24.7 Å². The van der Waals surface area contributed by atoms with Gasteiger partial charge < -0.3 is 4.90 Å². The molecule has 1 aliphatic heterocycles. The van der Waals surface area contributed by atoms with E-state index in [4.69, 9.17) is 0 Å². The summed E-state index contributed by atoms with van der Waals surface area (Å²) in [4.78, 5) is 8.92. The van der Waals surface area contributed by atoms with Crippen LogP contribution in [0.25, 0.3) is 11.3 Å². The number of halogens is 3. The van der Waals surface area contributed by atoms with Crippen LogP contribution in [0.2, 0.25) is 0 Å². The van der Waals surface area contributed by atoms with Crippen LogP contribution in [0.1, 0.15) is 17.2 Å². The van der Waals surface area contributed by atoms with E-state index in [-0.39, 0.29) is 6.04 Å². The molecule has 3 aromatic rings. The first-order chi connectivity index (χ1) is 13.9. The molecule has 1 saturated heterocycles. The Balaban J connectivity index is 1.57. The Morgan fingerprint density at radius 2 is 1.69 bits per heavy atom. The predicted molar refractivity (Wildman–Crippen MR) is 104 cm³/mol. The summed E-state index contributed by atoms with van der Waals surface area (Å²) in [6.45, 7) is 2.30. The van der Waals surface area contributed by atoms with Gasteiger partial charge in [0.1, 0.15) is 0 Å². The lowest BCUT2D eigenvalue weighted by atomic mass is 10.0. The van der Waals surface area contributed by atoms with Gasteiger partial charge in [-0.3, -0.25) is 4.90 Å². The van der Waals surface area contributed by atoms with Crippen molar-refractivity contribution in [2.45, 2.75) is 12.2 Å². The number of hydrogen-bond acceptors (Lipinski definition) is 5. The second-order valence-electron chi connectivity index (χ2n) is 7.07. The molecule has 2 aromatic carbocycles. The number of nitrogens with zero attached hydrogens (tertiary/aromatic N) is 5. The Morgan fingerprint density at radius 1 is 0.966 bits per heavy atom. The average Bonchev–Trinajstić information content (AvgIpc) is 2.74. The zero-order chi connectivity index (χ0) is 20.4. The van der Waals surface area contributed by atoms with E-state index in [1.54, 1.807) is 0 Å². The van der Waals surface area contributed by atoms with Crippen LogP contribution < -0.4 is 4.90 Å². The van der Waals surface area contributed by atoms with Gasteiger partial charge in [0.2, 0.25) is 5.95 Å². The molecule has 0 N–H and O–H groups in total. The van der Waals surface area contributed by atoms with Crippen molar-refractivity contribution in [1.82, 2.24) is 20.1 Å². The van der Waals surface area contributed by atoms with Crippen LogP contribution in [0.5, 0.6) is 0 Å². The molecule has 5 nitrogen and oxygen atoms in total. The van der Waals surface area contributed by atoms with E-state index in [1.165, 1.54) is 23.9 Å². The molecule has 1 unspecified atom stereocenters. The Hall–Kier alpha value is -3.00. The van der Waals surface area contributed by atoms with Crippen molar-refractivity contribution >= 4 is 5.95 Å². The Kier molecular flexibility index (Phi) is 5.19. The Morgan fingerprint density at radius 3 is 2.38 bits per heavy atom. The number of anilines is 1. The van der Waals surface area contributed by atoms with Crippen LogP contribution in [-0.2, 0) is 6.18 Å². The number of likely N-dealkylation sites (N-methyl/N-ethyl adjacent to an activating group) is 1. The lowest BCUT2D eigenvalue weighted by Gasteiger charge is -2.39. The van der Waals surface area contributed by atoms with E-state index in [1.807, 2.05) is 18.2 Å². The maximum Gasteiger partial charge on any atom is 0.416 e. The Labute approximate surface area is 166 Å². The van der Waals surface area contributed by atoms with Crippen molar-refractivity contribution in [2.24, 2.45) is 0 Å². The van der Waals surface area contributed by atoms with E-state index in [0.29, 0.717) is 23.8 Å². The van der Waals surface area contributed by atoms with Gasteiger partial charge >= 0.3 is 6.18 Å². The van der Waals surface area contributed by atoms with Gasteiger partial charge in [-0.1, -0.05) is 42.5 Å². The van der Waals surface area contributed by atoms with Gasteiger partial charge in [0, 0.05) is 25.2 Å². The first kappa shape index (κ1) is 19.3. The third kappa shape index (κ3) is 4.22. The van der Waals surface area contributed by atoms with Gasteiger partial charge in [0.05, 0.1) is 23.5 Å². The van der Waals surface area contributed by atoms with Crippen LogP contribution in [0, 0.1) is 0 Å². The number of rotatable bonds is 3. The summed E-state index contributed by atoms with van der Waals surface area (Å²) in [5.41, 5.74) is 1.60. The first-order valence-corrected chi connectivity index (χ1v) is 9.29. The van der Waals surface area contributed by atoms with Gasteiger partial charge in [0.15, 0.2) is 0 Å². The zero-order valence-corrected chi connectivity index (χ0v) is 15.8. The fourth-order valence-corrected chi connectivity index (χ4v) is 3.49. The molecule has 0 bridgehead atoms. The van der Waals surface area contributed by atoms with E-state index >= 15 is 0 Å². The van der Waals surface area contributed by atoms with Crippen molar-refractivity contribution < 1.29 is 13.2 Å². The fraction of sp³-hybridized carbons (Fsp3) is 0.286. The van der Waals surface area contributed by atoms with Gasteiger partial charge in [-0.15, -0.1) is 5.10 Å². The number of piperazine rings is 1. The van der Waals surface area contributed by atoms with E-state index in [0.717, 1.165) is 25.2 Å². The lowest BCUT2D eigenvalue weighted by Crippen LogP contribution is -2.47. The fourth-order valence-electron chi connectivity index (χ4n) is 3.49. The maximum absolute atomic E-state index is 12.8. The van der Waals surface area contributed by atoms with Crippen LogP contribution >= 0.6 is 0 Å². The number of hydrogen-bond donors (Lipinski definition) is 0. The molecule has 1 aliphatic rings. The number of benzene rings is 2. The summed E-state index contributed by atoms with van der Waals surface area (Å²) < 4.78 is 38.4. The van der Waals surface area contributed by atoms with E-state index in [2.05, 4.69) is 44.2 Å². The summed E-state index contributed by atoms with van der Waals surface area (Å²) in [5, 5.41) is 8.20. The summed E-state index contributed by atoms with van der Waals surface area (Å²) in [6, 6.07) is 15.4. The molecule has 1 atom stereocenters. The summed E-state index contributed by atoms with van der Waals surface area (Å²) >= 11 is 0. The topological polar surface area (TPSA) is 45.2 Å². The quantitative estimate of drug-likeness (QED) is 0.665. The summed E-state index contributed by atoms with van der Waals surface area (Å²) in [7, 11) is 2.09. The van der Waals surface area contributed by atoms with Crippen molar-refractivity contribution in [3.63, 3.8) is 0 Å². The van der Waals surface area contributed by atoms with Crippen molar-refractivity contribution in [1.29, 1.82) is 0 Å². The molecule has 0 aliphatic carbocycles. The monoisotopic (exact) mass is 399 g/mol. The van der Waals surface area contributed by atoms with Gasteiger partial charge in [-0.25, -0.2) is 4.98 Å². The van der Waals surface area contributed by atoms with Crippen LogP contribution in [0.3, 0.4) is 0 Å². The highest BCUT2D eigenvalue weighted by Gasteiger charge is 2.30. The minimum absolute atomic E-state index is 0.197. The molecular formula is C21H20F3N5. The third-order valence-corrected chi connectivity index (χ3v) is 5.17. The average molecular weight is 399 g/mol. The highest BCUT2D eigenvalue weighted by atomic mass is 19.4. The molecule has 0 radical (unpaired) electrons. The number of alkyl halides is 3. The van der Waals surface area contributed by atoms with Gasteiger partial charge in [-0.2, -0.15) is 18.3 Å². The second-order valence-corrected chi connectivity index (χ2v) is 7.07. The van der Waals surface area contributed by atoms with Crippen LogP contribution in [0.4, 0.5) is 19.1 Å². The highest BCUT2D eigenvalue weighted by Crippen LogP contribution is 2.31. The standard InChI is InChI=1S/C21H20F3N5/c1-28-11-12-29(14-19(28)16-5-3-2-4-6-16)20-26-18(13-25-27-20)15-7-9-17(10-8-15)21(22,23)24/h2-10,13,19H,11-12,14H2,1H3. The molecule has 0 spiro atoms.